The monoisotopic (exact) mass is 277 g/mol. The van der Waals surface area contributed by atoms with Crippen LogP contribution in [0.25, 0.3) is 0 Å². The third-order valence-corrected chi connectivity index (χ3v) is 3.41. The predicted octanol–water partition coefficient (Wildman–Crippen LogP) is 5.60. The fourth-order valence-corrected chi connectivity index (χ4v) is 2.46. The number of benzene rings is 1. The van der Waals surface area contributed by atoms with E-state index in [1.807, 2.05) is 6.07 Å². The van der Waals surface area contributed by atoms with E-state index >= 15 is 0 Å². The molecule has 0 aromatic heterocycles. The summed E-state index contributed by atoms with van der Waals surface area (Å²) in [6.45, 7) is 6.29. The summed E-state index contributed by atoms with van der Waals surface area (Å²) in [6.07, 6.45) is 14.1. The molecule has 1 unspecified atom stereocenters. The van der Waals surface area contributed by atoms with E-state index in [2.05, 4.69) is 81.5 Å². The summed E-state index contributed by atoms with van der Waals surface area (Å²) in [7, 11) is 0. The molecule has 2 rings (SSSR count). The van der Waals surface area contributed by atoms with Gasteiger partial charge >= 0.3 is 0 Å². The van der Waals surface area contributed by atoms with Gasteiger partial charge in [0.05, 0.1) is 6.04 Å². The van der Waals surface area contributed by atoms with Crippen LogP contribution in [-0.2, 0) is 0 Å². The van der Waals surface area contributed by atoms with Crippen molar-refractivity contribution in [2.75, 3.05) is 0 Å². The zero-order valence-corrected chi connectivity index (χ0v) is 13.1. The van der Waals surface area contributed by atoms with Gasteiger partial charge in [-0.05, 0) is 43.1 Å². The van der Waals surface area contributed by atoms with Gasteiger partial charge in [-0.15, -0.1) is 0 Å². The number of rotatable bonds is 4. The Morgan fingerprint density at radius 2 is 2.00 bits per heavy atom. The highest BCUT2D eigenvalue weighted by molar-refractivity contribution is 5.95. The van der Waals surface area contributed by atoms with Crippen molar-refractivity contribution >= 4 is 5.71 Å². The Kier molecular flexibility index (Phi) is 5.51. The largest absolute Gasteiger partial charge is 0.278 e. The minimum Gasteiger partial charge on any atom is -0.278 e. The Hall–Kier alpha value is -2.15. The van der Waals surface area contributed by atoms with Crippen LogP contribution in [0.2, 0.25) is 0 Å². The van der Waals surface area contributed by atoms with Gasteiger partial charge in [0, 0.05) is 5.71 Å². The summed E-state index contributed by atoms with van der Waals surface area (Å²) in [5.41, 5.74) is 4.79. The number of allylic oxidation sites excluding steroid dienone is 7. The molecule has 0 fully saturated rings. The lowest BCUT2D eigenvalue weighted by Gasteiger charge is -2.07. The first kappa shape index (κ1) is 15.2. The van der Waals surface area contributed by atoms with E-state index in [1.165, 1.54) is 16.7 Å². The van der Waals surface area contributed by atoms with Crippen molar-refractivity contribution in [2.45, 2.75) is 33.2 Å². The first-order chi connectivity index (χ1) is 10.2. The van der Waals surface area contributed by atoms with Crippen molar-refractivity contribution in [1.29, 1.82) is 0 Å². The lowest BCUT2D eigenvalue weighted by molar-refractivity contribution is 0.914. The lowest BCUT2D eigenvalue weighted by atomic mass is 10.0. The van der Waals surface area contributed by atoms with Gasteiger partial charge in [0.1, 0.15) is 0 Å². The molecule has 21 heavy (non-hydrogen) atoms. The van der Waals surface area contributed by atoms with Crippen LogP contribution in [0, 0.1) is 0 Å². The average Bonchev–Trinajstić information content (AvgIpc) is 2.70. The molecule has 1 heterocycles. The molecule has 1 aliphatic rings. The Labute approximate surface area is 128 Å². The summed E-state index contributed by atoms with van der Waals surface area (Å²) >= 11 is 0. The van der Waals surface area contributed by atoms with Gasteiger partial charge in [-0.2, -0.15) is 0 Å². The molecule has 0 N–H and O–H groups in total. The van der Waals surface area contributed by atoms with Gasteiger partial charge in [0.25, 0.3) is 0 Å². The molecule has 0 amide bonds. The molecule has 0 radical (unpaired) electrons. The molecule has 1 atom stereocenters. The molecular weight excluding hydrogens is 254 g/mol. The van der Waals surface area contributed by atoms with Crippen molar-refractivity contribution < 1.29 is 0 Å². The van der Waals surface area contributed by atoms with Crippen LogP contribution < -0.4 is 0 Å². The van der Waals surface area contributed by atoms with Crippen molar-refractivity contribution in [1.82, 2.24) is 0 Å². The molecule has 1 aliphatic heterocycles. The molecule has 1 heteroatoms. The standard InChI is InChI=1S/C20H23N/c1-4-9-17(10-5-2)19-13-14-20(21-16(3)15-19)18-11-7-6-8-12-18/h4,6-15,20H,5H2,1-3H3/b9-4-,17-10+. The van der Waals surface area contributed by atoms with Gasteiger partial charge < -0.3 is 0 Å². The predicted molar refractivity (Wildman–Crippen MR) is 92.7 cm³/mol. The Morgan fingerprint density at radius 1 is 1.24 bits per heavy atom. The third-order valence-electron chi connectivity index (χ3n) is 3.41. The lowest BCUT2D eigenvalue weighted by Crippen LogP contribution is -1.94. The summed E-state index contributed by atoms with van der Waals surface area (Å²) in [6, 6.07) is 10.5. The van der Waals surface area contributed by atoms with Gasteiger partial charge in [0.2, 0.25) is 0 Å². The second kappa shape index (κ2) is 7.58. The first-order valence-electron chi connectivity index (χ1n) is 7.57. The van der Waals surface area contributed by atoms with Crippen LogP contribution in [0.4, 0.5) is 0 Å². The highest BCUT2D eigenvalue weighted by Gasteiger charge is 2.10. The molecule has 0 bridgehead atoms. The van der Waals surface area contributed by atoms with Crippen LogP contribution in [0.15, 0.2) is 82.9 Å². The van der Waals surface area contributed by atoms with E-state index in [4.69, 9.17) is 4.99 Å². The van der Waals surface area contributed by atoms with E-state index < -0.39 is 0 Å². The zero-order valence-electron chi connectivity index (χ0n) is 13.1. The van der Waals surface area contributed by atoms with E-state index in [0.29, 0.717) is 0 Å². The van der Waals surface area contributed by atoms with Crippen LogP contribution >= 0.6 is 0 Å². The van der Waals surface area contributed by atoms with E-state index in [0.717, 1.165) is 12.1 Å². The van der Waals surface area contributed by atoms with Crippen molar-refractivity contribution in [3.05, 3.63) is 83.5 Å². The van der Waals surface area contributed by atoms with Crippen molar-refractivity contribution in [2.24, 2.45) is 4.99 Å². The third kappa shape index (κ3) is 4.16. The van der Waals surface area contributed by atoms with E-state index in [9.17, 15) is 0 Å². The maximum Gasteiger partial charge on any atom is 0.0936 e. The quantitative estimate of drug-likeness (QED) is 0.635. The summed E-state index contributed by atoms with van der Waals surface area (Å²) in [5.74, 6) is 0. The number of aliphatic imine (C=N–C) groups is 1. The molecular formula is C20H23N. The molecule has 0 spiro atoms. The van der Waals surface area contributed by atoms with Crippen molar-refractivity contribution in [3.63, 3.8) is 0 Å². The van der Waals surface area contributed by atoms with Crippen LogP contribution in [0.5, 0.6) is 0 Å². The molecule has 1 nitrogen and oxygen atoms in total. The fraction of sp³-hybridized carbons (Fsp3) is 0.250. The zero-order chi connectivity index (χ0) is 15.1. The summed E-state index contributed by atoms with van der Waals surface area (Å²) in [4.78, 5) is 4.80. The van der Waals surface area contributed by atoms with Crippen LogP contribution in [-0.4, -0.2) is 5.71 Å². The normalized spacial score (nSPS) is 19.4. The molecule has 1 aromatic carbocycles. The SMILES string of the molecule is C/C=C\C(=C/CC)C1=CC(C)=NC(c2ccccc2)C=C1. The van der Waals surface area contributed by atoms with Gasteiger partial charge in [-0.3, -0.25) is 4.99 Å². The molecule has 0 saturated heterocycles. The Bertz CT molecular complexity index is 612. The maximum atomic E-state index is 4.80. The number of hydrogen-bond acceptors (Lipinski definition) is 1. The fourth-order valence-electron chi connectivity index (χ4n) is 2.46. The Morgan fingerprint density at radius 3 is 2.67 bits per heavy atom. The Balaban J connectivity index is 2.34. The second-order valence-corrected chi connectivity index (χ2v) is 5.15. The summed E-state index contributed by atoms with van der Waals surface area (Å²) in [5, 5.41) is 0. The van der Waals surface area contributed by atoms with E-state index in [1.54, 1.807) is 0 Å². The minimum absolute atomic E-state index is 0.105. The molecule has 108 valence electrons. The smallest absolute Gasteiger partial charge is 0.0936 e. The highest BCUT2D eigenvalue weighted by Crippen LogP contribution is 2.25. The van der Waals surface area contributed by atoms with Gasteiger partial charge in [-0.25, -0.2) is 0 Å². The van der Waals surface area contributed by atoms with Gasteiger partial charge in [0.15, 0.2) is 0 Å². The molecule has 0 saturated carbocycles. The second-order valence-electron chi connectivity index (χ2n) is 5.15. The maximum absolute atomic E-state index is 4.80. The topological polar surface area (TPSA) is 12.4 Å². The minimum atomic E-state index is 0.105. The first-order valence-corrected chi connectivity index (χ1v) is 7.57. The van der Waals surface area contributed by atoms with Crippen LogP contribution in [0.3, 0.4) is 0 Å². The summed E-state index contributed by atoms with van der Waals surface area (Å²) < 4.78 is 0. The number of hydrogen-bond donors (Lipinski definition) is 0. The molecule has 0 aliphatic carbocycles. The highest BCUT2D eigenvalue weighted by atomic mass is 14.8. The molecule has 1 aromatic rings. The van der Waals surface area contributed by atoms with Crippen molar-refractivity contribution in [3.8, 4) is 0 Å². The van der Waals surface area contributed by atoms with E-state index in [-0.39, 0.29) is 6.04 Å². The van der Waals surface area contributed by atoms with Gasteiger partial charge in [-0.1, -0.05) is 67.6 Å². The number of nitrogens with zero attached hydrogens (tertiary/aromatic N) is 1. The average molecular weight is 277 g/mol. The van der Waals surface area contributed by atoms with Crippen LogP contribution in [0.1, 0.15) is 38.8 Å².